The molecule has 0 atom stereocenters. The van der Waals surface area contributed by atoms with E-state index >= 15 is 0 Å². The van der Waals surface area contributed by atoms with Gasteiger partial charge in [-0.1, -0.05) is 0 Å². The van der Waals surface area contributed by atoms with E-state index in [-0.39, 0.29) is 26.2 Å². The van der Waals surface area contributed by atoms with Gasteiger partial charge in [0.2, 0.25) is 0 Å². The van der Waals surface area contributed by atoms with Crippen molar-refractivity contribution in [3.05, 3.63) is 0 Å². The third kappa shape index (κ3) is 5.16. The summed E-state index contributed by atoms with van der Waals surface area (Å²) >= 11 is 0. The van der Waals surface area contributed by atoms with Gasteiger partial charge in [0.15, 0.2) is 6.79 Å². The van der Waals surface area contributed by atoms with Crippen LogP contribution >= 0.6 is 0 Å². The molecule has 0 aromatic rings. The zero-order chi connectivity index (χ0) is 11.0. The SMILES string of the molecule is COCOCC(C)(C)C(=O)OCOC. The molecule has 0 radical (unpaired) electrons. The Hall–Kier alpha value is -0.650. The first-order chi connectivity index (χ1) is 6.54. The molecule has 0 amide bonds. The molecule has 0 saturated carbocycles. The molecule has 0 fully saturated rings. The fourth-order valence-corrected chi connectivity index (χ4v) is 0.747. The van der Waals surface area contributed by atoms with E-state index < -0.39 is 5.41 Å². The predicted molar refractivity (Wildman–Crippen MR) is 49.6 cm³/mol. The average molecular weight is 206 g/mol. The van der Waals surface area contributed by atoms with Crippen LogP contribution in [0.1, 0.15) is 13.8 Å². The van der Waals surface area contributed by atoms with Gasteiger partial charge < -0.3 is 18.9 Å². The van der Waals surface area contributed by atoms with E-state index in [0.29, 0.717) is 0 Å². The Morgan fingerprint density at radius 3 is 2.21 bits per heavy atom. The Bertz CT molecular complexity index is 167. The maximum Gasteiger partial charge on any atom is 0.315 e. The summed E-state index contributed by atoms with van der Waals surface area (Å²) < 4.78 is 19.2. The molecule has 0 spiro atoms. The number of ether oxygens (including phenoxy) is 4. The molecule has 5 nitrogen and oxygen atoms in total. The minimum Gasteiger partial charge on any atom is -0.438 e. The number of rotatable bonds is 7. The van der Waals surface area contributed by atoms with Crippen molar-refractivity contribution < 1.29 is 23.7 Å². The Morgan fingerprint density at radius 2 is 1.71 bits per heavy atom. The van der Waals surface area contributed by atoms with E-state index in [1.54, 1.807) is 13.8 Å². The molecule has 0 N–H and O–H groups in total. The second kappa shape index (κ2) is 6.75. The Morgan fingerprint density at radius 1 is 1.14 bits per heavy atom. The van der Waals surface area contributed by atoms with Crippen LogP contribution in [0, 0.1) is 5.41 Å². The molecular weight excluding hydrogens is 188 g/mol. The summed E-state index contributed by atoms with van der Waals surface area (Å²) in [6, 6.07) is 0. The third-order valence-electron chi connectivity index (χ3n) is 1.52. The fourth-order valence-electron chi connectivity index (χ4n) is 0.747. The monoisotopic (exact) mass is 206 g/mol. The molecule has 84 valence electrons. The fraction of sp³-hybridized carbons (Fsp3) is 0.889. The van der Waals surface area contributed by atoms with Gasteiger partial charge in [-0.3, -0.25) is 4.79 Å². The van der Waals surface area contributed by atoms with Crippen LogP contribution in [0.2, 0.25) is 0 Å². The van der Waals surface area contributed by atoms with Gasteiger partial charge in [-0.05, 0) is 13.8 Å². The maximum atomic E-state index is 11.4. The molecule has 0 rings (SSSR count). The van der Waals surface area contributed by atoms with Crippen molar-refractivity contribution in [2.75, 3.05) is 34.4 Å². The minimum absolute atomic E-state index is 0.0352. The van der Waals surface area contributed by atoms with E-state index in [1.165, 1.54) is 14.2 Å². The first-order valence-corrected chi connectivity index (χ1v) is 4.27. The second-order valence-corrected chi connectivity index (χ2v) is 3.48. The summed E-state index contributed by atoms with van der Waals surface area (Å²) in [5.74, 6) is -0.351. The van der Waals surface area contributed by atoms with Crippen molar-refractivity contribution in [2.45, 2.75) is 13.8 Å². The highest BCUT2D eigenvalue weighted by Gasteiger charge is 2.29. The minimum atomic E-state index is -0.683. The molecular formula is C9H18O5. The van der Waals surface area contributed by atoms with Crippen molar-refractivity contribution in [3.8, 4) is 0 Å². The first-order valence-electron chi connectivity index (χ1n) is 4.27. The number of carbonyl (C=O) groups is 1. The lowest BCUT2D eigenvalue weighted by Crippen LogP contribution is -2.32. The van der Waals surface area contributed by atoms with E-state index in [9.17, 15) is 4.79 Å². The summed E-state index contributed by atoms with van der Waals surface area (Å²) in [5, 5.41) is 0. The standard InChI is InChI=1S/C9H18O5/c1-9(2,5-13-6-11-3)8(10)14-7-12-4/h5-7H2,1-4H3. The van der Waals surface area contributed by atoms with Crippen LogP contribution < -0.4 is 0 Å². The molecule has 0 aromatic heterocycles. The maximum absolute atomic E-state index is 11.4. The molecule has 0 unspecified atom stereocenters. The molecule has 0 heterocycles. The van der Waals surface area contributed by atoms with E-state index in [1.807, 2.05) is 0 Å². The number of carbonyl (C=O) groups excluding carboxylic acids is 1. The molecule has 0 aromatic carbocycles. The lowest BCUT2D eigenvalue weighted by Gasteiger charge is -2.21. The molecule has 0 saturated heterocycles. The number of hydrogen-bond acceptors (Lipinski definition) is 5. The van der Waals surface area contributed by atoms with Crippen LogP contribution in [-0.4, -0.2) is 40.4 Å². The van der Waals surface area contributed by atoms with Gasteiger partial charge in [-0.25, -0.2) is 0 Å². The van der Waals surface area contributed by atoms with Crippen LogP contribution in [0.25, 0.3) is 0 Å². The molecule has 0 bridgehead atoms. The van der Waals surface area contributed by atoms with E-state index in [2.05, 4.69) is 4.74 Å². The normalized spacial score (nSPS) is 11.4. The van der Waals surface area contributed by atoms with Crippen LogP contribution in [0.3, 0.4) is 0 Å². The molecule has 14 heavy (non-hydrogen) atoms. The summed E-state index contributed by atoms with van der Waals surface area (Å²) in [5.41, 5.74) is -0.683. The lowest BCUT2D eigenvalue weighted by molar-refractivity contribution is -0.170. The summed E-state index contributed by atoms with van der Waals surface area (Å²) in [6.45, 7) is 3.86. The second-order valence-electron chi connectivity index (χ2n) is 3.48. The van der Waals surface area contributed by atoms with E-state index in [4.69, 9.17) is 14.2 Å². The van der Waals surface area contributed by atoms with E-state index in [0.717, 1.165) is 0 Å². The Kier molecular flexibility index (Phi) is 6.44. The average Bonchev–Trinajstić information content (AvgIpc) is 2.14. The topological polar surface area (TPSA) is 54.0 Å². The van der Waals surface area contributed by atoms with Crippen molar-refractivity contribution >= 4 is 5.97 Å². The smallest absolute Gasteiger partial charge is 0.315 e. The van der Waals surface area contributed by atoms with Crippen LogP contribution in [-0.2, 0) is 23.7 Å². The van der Waals surface area contributed by atoms with Gasteiger partial charge in [-0.2, -0.15) is 0 Å². The zero-order valence-electron chi connectivity index (χ0n) is 9.16. The summed E-state index contributed by atoms with van der Waals surface area (Å²) in [6.07, 6.45) is 0. The number of esters is 1. The van der Waals surface area contributed by atoms with Gasteiger partial charge in [0.1, 0.15) is 6.79 Å². The number of hydrogen-bond donors (Lipinski definition) is 0. The highest BCUT2D eigenvalue weighted by molar-refractivity contribution is 5.75. The molecule has 0 aliphatic rings. The van der Waals surface area contributed by atoms with Gasteiger partial charge in [0.25, 0.3) is 0 Å². The van der Waals surface area contributed by atoms with Crippen molar-refractivity contribution in [3.63, 3.8) is 0 Å². The summed E-state index contributed by atoms with van der Waals surface area (Å²) in [7, 11) is 2.98. The quantitative estimate of drug-likeness (QED) is 0.350. The molecule has 5 heteroatoms. The zero-order valence-corrected chi connectivity index (χ0v) is 9.16. The van der Waals surface area contributed by atoms with Crippen LogP contribution in [0.15, 0.2) is 0 Å². The predicted octanol–water partition coefficient (Wildman–Crippen LogP) is 0.780. The van der Waals surface area contributed by atoms with Crippen molar-refractivity contribution in [1.82, 2.24) is 0 Å². The Labute approximate surface area is 84.3 Å². The highest BCUT2D eigenvalue weighted by Crippen LogP contribution is 2.17. The lowest BCUT2D eigenvalue weighted by atomic mass is 9.95. The molecule has 0 aliphatic carbocycles. The van der Waals surface area contributed by atoms with Gasteiger partial charge in [0, 0.05) is 14.2 Å². The van der Waals surface area contributed by atoms with Gasteiger partial charge >= 0.3 is 5.97 Å². The largest absolute Gasteiger partial charge is 0.438 e. The first kappa shape index (κ1) is 13.4. The van der Waals surface area contributed by atoms with Gasteiger partial charge in [0.05, 0.1) is 12.0 Å². The van der Waals surface area contributed by atoms with Crippen LogP contribution in [0.5, 0.6) is 0 Å². The third-order valence-corrected chi connectivity index (χ3v) is 1.52. The van der Waals surface area contributed by atoms with Crippen molar-refractivity contribution in [2.24, 2.45) is 5.41 Å². The van der Waals surface area contributed by atoms with Crippen molar-refractivity contribution in [1.29, 1.82) is 0 Å². The Balaban J connectivity index is 3.83. The molecule has 0 aliphatic heterocycles. The van der Waals surface area contributed by atoms with Crippen LogP contribution in [0.4, 0.5) is 0 Å². The summed E-state index contributed by atoms with van der Waals surface area (Å²) in [4.78, 5) is 11.4. The highest BCUT2D eigenvalue weighted by atomic mass is 16.7. The number of methoxy groups -OCH3 is 2. The van der Waals surface area contributed by atoms with Gasteiger partial charge in [-0.15, -0.1) is 0 Å².